The van der Waals surface area contributed by atoms with Gasteiger partial charge < -0.3 is 15.0 Å². The first-order chi connectivity index (χ1) is 17.5. The third kappa shape index (κ3) is 9.07. The van der Waals surface area contributed by atoms with Crippen LogP contribution in [0.3, 0.4) is 0 Å². The molecule has 0 aliphatic rings. The summed E-state index contributed by atoms with van der Waals surface area (Å²) >= 11 is 0. The Morgan fingerprint density at radius 2 is 1.70 bits per heavy atom. The minimum absolute atomic E-state index is 0.00821. The van der Waals surface area contributed by atoms with E-state index in [0.717, 1.165) is 24.0 Å². The highest BCUT2D eigenvalue weighted by Gasteiger charge is 2.27. The first-order valence-electron chi connectivity index (χ1n) is 12.8. The van der Waals surface area contributed by atoms with E-state index < -0.39 is 16.1 Å². The number of rotatable bonds is 14. The smallest absolute Gasteiger partial charge is 0.242 e. The second kappa shape index (κ2) is 14.0. The molecule has 2 atom stereocenters. The van der Waals surface area contributed by atoms with Gasteiger partial charge in [0.05, 0.1) is 19.1 Å². The number of nitrogens with zero attached hydrogens (tertiary/aromatic N) is 2. The lowest BCUT2D eigenvalue weighted by molar-refractivity contribution is -0.140. The average Bonchev–Trinajstić information content (AvgIpc) is 2.88. The zero-order valence-corrected chi connectivity index (χ0v) is 23.7. The number of hydrogen-bond donors (Lipinski definition) is 1. The molecule has 0 aliphatic carbocycles. The maximum absolute atomic E-state index is 13.4. The van der Waals surface area contributed by atoms with Crippen LogP contribution >= 0.6 is 0 Å². The molecule has 0 saturated heterocycles. The molecular formula is C28H41N3O5S. The zero-order valence-electron chi connectivity index (χ0n) is 22.9. The Labute approximate surface area is 222 Å². The fourth-order valence-corrected chi connectivity index (χ4v) is 4.88. The molecule has 0 radical (unpaired) electrons. The molecule has 0 saturated carbocycles. The lowest BCUT2D eigenvalue weighted by Crippen LogP contribution is -2.49. The van der Waals surface area contributed by atoms with Crippen molar-refractivity contribution in [3.8, 4) is 5.75 Å². The number of hydrogen-bond acceptors (Lipinski definition) is 5. The van der Waals surface area contributed by atoms with Crippen molar-refractivity contribution in [2.24, 2.45) is 0 Å². The number of sulfonamides is 1. The Kier molecular flexibility index (Phi) is 11.4. The van der Waals surface area contributed by atoms with Gasteiger partial charge in [-0.1, -0.05) is 38.1 Å². The number of ether oxygens (including phenoxy) is 1. The zero-order chi connectivity index (χ0) is 27.6. The van der Waals surface area contributed by atoms with E-state index in [9.17, 15) is 18.0 Å². The summed E-state index contributed by atoms with van der Waals surface area (Å²) in [5.74, 6) is 0.225. The van der Waals surface area contributed by atoms with Crippen molar-refractivity contribution >= 4 is 27.5 Å². The van der Waals surface area contributed by atoms with Crippen LogP contribution in [0, 0.1) is 0 Å². The molecule has 0 heterocycles. The first kappa shape index (κ1) is 30.2. The molecule has 0 aromatic heterocycles. The lowest BCUT2D eigenvalue weighted by Gasteiger charge is -2.30. The SMILES string of the molecule is CCc1ccc(N(CCCC(=O)N(Cc2cccc(OC)c2)[C@H](C)C(=O)N[C@@H](C)CC)S(C)(=O)=O)cc1. The monoisotopic (exact) mass is 531 g/mol. The van der Waals surface area contributed by atoms with Crippen molar-refractivity contribution in [2.75, 3.05) is 24.2 Å². The van der Waals surface area contributed by atoms with Crippen LogP contribution in [-0.2, 0) is 32.6 Å². The minimum Gasteiger partial charge on any atom is -0.497 e. The summed E-state index contributed by atoms with van der Waals surface area (Å²) in [4.78, 5) is 27.9. The Balaban J connectivity index is 2.19. The number of anilines is 1. The van der Waals surface area contributed by atoms with Crippen LogP contribution in [0.4, 0.5) is 5.69 Å². The van der Waals surface area contributed by atoms with Crippen LogP contribution in [0.1, 0.15) is 58.1 Å². The van der Waals surface area contributed by atoms with Gasteiger partial charge in [-0.25, -0.2) is 8.42 Å². The van der Waals surface area contributed by atoms with Gasteiger partial charge in [0.15, 0.2) is 0 Å². The average molecular weight is 532 g/mol. The molecule has 0 aliphatic heterocycles. The highest BCUT2D eigenvalue weighted by atomic mass is 32.2. The summed E-state index contributed by atoms with van der Waals surface area (Å²) in [7, 11) is -1.95. The summed E-state index contributed by atoms with van der Waals surface area (Å²) in [6, 6.07) is 14.1. The molecule has 2 rings (SSSR count). The first-order valence-corrected chi connectivity index (χ1v) is 14.6. The molecule has 0 spiro atoms. The summed E-state index contributed by atoms with van der Waals surface area (Å²) in [6.07, 6.45) is 3.22. The van der Waals surface area contributed by atoms with Crippen LogP contribution in [0.2, 0.25) is 0 Å². The number of carbonyl (C=O) groups excluding carboxylic acids is 2. The van der Waals surface area contributed by atoms with Gasteiger partial charge in [-0.15, -0.1) is 0 Å². The van der Waals surface area contributed by atoms with Gasteiger partial charge in [0, 0.05) is 25.6 Å². The number of carbonyl (C=O) groups is 2. The maximum Gasteiger partial charge on any atom is 0.242 e. The summed E-state index contributed by atoms with van der Waals surface area (Å²) in [5, 5.41) is 2.95. The molecule has 2 aromatic rings. The van der Waals surface area contributed by atoms with Crippen molar-refractivity contribution in [3.63, 3.8) is 0 Å². The van der Waals surface area contributed by atoms with Crippen molar-refractivity contribution in [2.45, 2.75) is 72.0 Å². The molecule has 2 amide bonds. The number of amides is 2. The van der Waals surface area contributed by atoms with Crippen molar-refractivity contribution in [3.05, 3.63) is 59.7 Å². The normalized spacial score (nSPS) is 12.9. The van der Waals surface area contributed by atoms with E-state index in [2.05, 4.69) is 5.32 Å². The third-order valence-electron chi connectivity index (χ3n) is 6.44. The predicted octanol–water partition coefficient (Wildman–Crippen LogP) is 4.14. The second-order valence-corrected chi connectivity index (χ2v) is 11.2. The summed E-state index contributed by atoms with van der Waals surface area (Å²) in [5.41, 5.74) is 2.52. The van der Waals surface area contributed by atoms with Crippen LogP contribution < -0.4 is 14.4 Å². The van der Waals surface area contributed by atoms with Gasteiger partial charge >= 0.3 is 0 Å². The van der Waals surface area contributed by atoms with Crippen LogP contribution in [0.25, 0.3) is 0 Å². The quantitative estimate of drug-likeness (QED) is 0.395. The van der Waals surface area contributed by atoms with E-state index in [0.29, 0.717) is 17.9 Å². The third-order valence-corrected chi connectivity index (χ3v) is 7.63. The Hall–Kier alpha value is -3.07. The topological polar surface area (TPSA) is 96.0 Å². The molecule has 0 bridgehead atoms. The summed E-state index contributed by atoms with van der Waals surface area (Å²) in [6.45, 7) is 8.06. The molecule has 8 nitrogen and oxygen atoms in total. The molecule has 204 valence electrons. The summed E-state index contributed by atoms with van der Waals surface area (Å²) < 4.78 is 31.6. The van der Waals surface area contributed by atoms with Gasteiger partial charge in [-0.05, 0) is 68.5 Å². The highest BCUT2D eigenvalue weighted by molar-refractivity contribution is 7.92. The maximum atomic E-state index is 13.4. The van der Waals surface area contributed by atoms with Gasteiger partial charge in [0.25, 0.3) is 0 Å². The van der Waals surface area contributed by atoms with Gasteiger partial charge in [-0.2, -0.15) is 0 Å². The van der Waals surface area contributed by atoms with E-state index >= 15 is 0 Å². The van der Waals surface area contributed by atoms with Crippen molar-refractivity contribution < 1.29 is 22.7 Å². The van der Waals surface area contributed by atoms with Gasteiger partial charge in [-0.3, -0.25) is 13.9 Å². The number of benzene rings is 2. The molecule has 0 unspecified atom stereocenters. The Morgan fingerprint density at radius 3 is 2.27 bits per heavy atom. The van der Waals surface area contributed by atoms with E-state index in [4.69, 9.17) is 4.74 Å². The van der Waals surface area contributed by atoms with Crippen LogP contribution in [0.5, 0.6) is 5.75 Å². The van der Waals surface area contributed by atoms with Gasteiger partial charge in [0.2, 0.25) is 21.8 Å². The Bertz CT molecular complexity index is 1130. The molecule has 2 aromatic carbocycles. The van der Waals surface area contributed by atoms with Crippen LogP contribution in [0.15, 0.2) is 48.5 Å². The number of methoxy groups -OCH3 is 1. The Morgan fingerprint density at radius 1 is 1.03 bits per heavy atom. The van der Waals surface area contributed by atoms with Crippen molar-refractivity contribution in [1.82, 2.24) is 10.2 Å². The fourth-order valence-electron chi connectivity index (χ4n) is 3.92. The van der Waals surface area contributed by atoms with Gasteiger partial charge in [0.1, 0.15) is 11.8 Å². The predicted molar refractivity (Wildman–Crippen MR) is 148 cm³/mol. The highest BCUT2D eigenvalue weighted by Crippen LogP contribution is 2.21. The number of aryl methyl sites for hydroxylation is 1. The van der Waals surface area contributed by atoms with E-state index in [1.54, 1.807) is 31.1 Å². The lowest BCUT2D eigenvalue weighted by atomic mass is 10.1. The number of nitrogens with one attached hydrogen (secondary N) is 1. The second-order valence-electron chi connectivity index (χ2n) is 9.33. The standard InChI is InChI=1S/C28H41N3O5S/c1-7-21(3)29-28(33)22(4)30(20-24-11-9-12-26(19-24)36-5)27(32)13-10-18-31(37(6,34)35)25-16-14-23(8-2)15-17-25/h9,11-12,14-17,19,21-22H,7-8,10,13,18,20H2,1-6H3,(H,29,33)/t21-,22+/m0/s1. The largest absolute Gasteiger partial charge is 0.497 e. The molecule has 0 fully saturated rings. The van der Waals surface area contributed by atoms with E-state index in [-0.39, 0.29) is 37.4 Å². The van der Waals surface area contributed by atoms with E-state index in [1.807, 2.05) is 57.2 Å². The minimum atomic E-state index is -3.53. The fraction of sp³-hybridized carbons (Fsp3) is 0.500. The van der Waals surface area contributed by atoms with Crippen LogP contribution in [-0.4, -0.2) is 57.1 Å². The molecule has 1 N–H and O–H groups in total. The molecular weight excluding hydrogens is 490 g/mol. The molecule has 37 heavy (non-hydrogen) atoms. The molecule has 9 heteroatoms. The van der Waals surface area contributed by atoms with Crippen molar-refractivity contribution in [1.29, 1.82) is 0 Å². The van der Waals surface area contributed by atoms with E-state index in [1.165, 1.54) is 10.6 Å².